The van der Waals surface area contributed by atoms with Gasteiger partial charge in [-0.3, -0.25) is 15.6 Å². The number of rotatable bonds is 5. The van der Waals surface area contributed by atoms with Crippen molar-refractivity contribution in [2.75, 3.05) is 5.32 Å². The molecule has 2 rings (SSSR count). The van der Waals surface area contributed by atoms with Crippen LogP contribution in [0.3, 0.4) is 0 Å². The number of aryl methyl sites for hydroxylation is 1. The van der Waals surface area contributed by atoms with E-state index >= 15 is 0 Å². The number of benzene rings is 2. The highest BCUT2D eigenvalue weighted by Gasteiger charge is 2.14. The van der Waals surface area contributed by atoms with Crippen LogP contribution in [0.15, 0.2) is 53.4 Å². The van der Waals surface area contributed by atoms with Crippen LogP contribution in [0.1, 0.15) is 37.8 Å². The number of amides is 1. The lowest BCUT2D eigenvalue weighted by Crippen LogP contribution is -2.46. The number of carbonyl (C=O) groups is 1. The molecule has 0 spiro atoms. The smallest absolute Gasteiger partial charge is 0.251 e. The molecule has 0 saturated heterocycles. The first-order valence-electron chi connectivity index (χ1n) is 8.55. The average molecular weight is 388 g/mol. The first kappa shape index (κ1) is 20.3. The first-order valence-corrected chi connectivity index (χ1v) is 9.84. The van der Waals surface area contributed by atoms with E-state index in [1.165, 1.54) is 22.9 Å². The molecule has 0 bridgehead atoms. The zero-order valence-electron chi connectivity index (χ0n) is 15.5. The minimum absolute atomic E-state index is 0.130. The molecule has 4 nitrogen and oxygen atoms in total. The number of thiocarbonyl (C=S) groups is 1. The average Bonchev–Trinajstić information content (AvgIpc) is 2.62. The monoisotopic (exact) mass is 387 g/mol. The number of carbonyl (C=O) groups excluding carboxylic acids is 1. The Hall–Kier alpha value is -2.05. The fraction of sp³-hybridized carbons (Fsp3) is 0.300. The van der Waals surface area contributed by atoms with Crippen molar-refractivity contribution in [3.05, 3.63) is 59.7 Å². The van der Waals surface area contributed by atoms with Gasteiger partial charge in [0.25, 0.3) is 5.91 Å². The summed E-state index contributed by atoms with van der Waals surface area (Å²) in [5.41, 5.74) is 8.75. The van der Waals surface area contributed by atoms with Gasteiger partial charge in [-0.25, -0.2) is 0 Å². The molecule has 0 aliphatic carbocycles. The molecule has 1 amide bonds. The maximum atomic E-state index is 12.2. The van der Waals surface area contributed by atoms with E-state index in [4.69, 9.17) is 12.2 Å². The molecule has 0 aliphatic rings. The quantitative estimate of drug-likeness (QED) is 0.397. The van der Waals surface area contributed by atoms with Gasteiger partial charge in [0.2, 0.25) is 0 Å². The molecule has 2 aromatic rings. The van der Waals surface area contributed by atoms with Crippen LogP contribution in [0, 0.1) is 6.92 Å². The van der Waals surface area contributed by atoms with E-state index in [9.17, 15) is 4.79 Å². The minimum Gasteiger partial charge on any atom is -0.331 e. The zero-order valence-corrected chi connectivity index (χ0v) is 17.1. The van der Waals surface area contributed by atoms with Gasteiger partial charge in [0, 0.05) is 10.6 Å². The van der Waals surface area contributed by atoms with Crippen LogP contribution in [-0.4, -0.2) is 16.3 Å². The largest absolute Gasteiger partial charge is 0.331 e. The lowest BCUT2D eigenvalue weighted by molar-refractivity contribution is -0.120. The first-order chi connectivity index (χ1) is 12.3. The van der Waals surface area contributed by atoms with Crippen LogP contribution in [0.4, 0.5) is 5.69 Å². The minimum atomic E-state index is -0.238. The number of nitrogens with one attached hydrogen (secondary N) is 3. The summed E-state index contributed by atoms with van der Waals surface area (Å²) >= 11 is 6.73. The van der Waals surface area contributed by atoms with Crippen LogP contribution < -0.4 is 16.2 Å². The summed E-state index contributed by atoms with van der Waals surface area (Å²) in [6.07, 6.45) is 0. The van der Waals surface area contributed by atoms with E-state index in [-0.39, 0.29) is 11.2 Å². The Kier molecular flexibility index (Phi) is 7.48. The molecule has 0 radical (unpaired) electrons. The van der Waals surface area contributed by atoms with E-state index in [1.807, 2.05) is 50.2 Å². The summed E-state index contributed by atoms with van der Waals surface area (Å²) in [6, 6.07) is 16.2. The second kappa shape index (κ2) is 9.59. The number of thioether (sulfide) groups is 1. The van der Waals surface area contributed by atoms with Crippen LogP contribution in [-0.2, 0) is 4.79 Å². The van der Waals surface area contributed by atoms with E-state index in [0.717, 1.165) is 10.6 Å². The zero-order chi connectivity index (χ0) is 19.1. The molecule has 0 aromatic heterocycles. The third-order valence-corrected chi connectivity index (χ3v) is 5.15. The SMILES string of the molecule is Cc1ccc(S[C@H](C)C(=O)NNC(=S)Nc2ccc(C(C)C)cc2)cc1. The molecule has 6 heteroatoms. The van der Waals surface area contributed by atoms with Crippen molar-refractivity contribution >= 4 is 40.7 Å². The molecular formula is C20H25N3OS2. The molecule has 3 N–H and O–H groups in total. The highest BCUT2D eigenvalue weighted by molar-refractivity contribution is 8.00. The Morgan fingerprint density at radius 2 is 1.58 bits per heavy atom. The van der Waals surface area contributed by atoms with Gasteiger partial charge in [-0.1, -0.05) is 43.7 Å². The van der Waals surface area contributed by atoms with Crippen molar-refractivity contribution in [1.82, 2.24) is 10.9 Å². The van der Waals surface area contributed by atoms with E-state index in [0.29, 0.717) is 11.0 Å². The van der Waals surface area contributed by atoms with Crippen molar-refractivity contribution in [3.63, 3.8) is 0 Å². The van der Waals surface area contributed by atoms with Crippen molar-refractivity contribution in [1.29, 1.82) is 0 Å². The van der Waals surface area contributed by atoms with Gasteiger partial charge in [0.05, 0.1) is 5.25 Å². The third kappa shape index (κ3) is 6.35. The maximum absolute atomic E-state index is 12.2. The lowest BCUT2D eigenvalue weighted by Gasteiger charge is -2.15. The molecule has 2 aromatic carbocycles. The van der Waals surface area contributed by atoms with Crippen LogP contribution in [0.2, 0.25) is 0 Å². The number of hydrogen-bond donors (Lipinski definition) is 3. The fourth-order valence-electron chi connectivity index (χ4n) is 2.21. The summed E-state index contributed by atoms with van der Waals surface area (Å²) in [5, 5.41) is 3.17. The highest BCUT2D eigenvalue weighted by Crippen LogP contribution is 2.23. The van der Waals surface area contributed by atoms with Gasteiger partial charge < -0.3 is 5.32 Å². The van der Waals surface area contributed by atoms with Gasteiger partial charge in [-0.15, -0.1) is 11.8 Å². The Balaban J connectivity index is 1.78. The molecule has 1 atom stereocenters. The Bertz CT molecular complexity index is 743. The van der Waals surface area contributed by atoms with E-state index in [2.05, 4.69) is 42.1 Å². The van der Waals surface area contributed by atoms with Gasteiger partial charge in [0.15, 0.2) is 5.11 Å². The second-order valence-electron chi connectivity index (χ2n) is 6.42. The van der Waals surface area contributed by atoms with Gasteiger partial charge in [-0.2, -0.15) is 0 Å². The Morgan fingerprint density at radius 3 is 2.15 bits per heavy atom. The van der Waals surface area contributed by atoms with Crippen LogP contribution >= 0.6 is 24.0 Å². The molecule has 0 aliphatic heterocycles. The van der Waals surface area contributed by atoms with Gasteiger partial charge >= 0.3 is 0 Å². The topological polar surface area (TPSA) is 53.2 Å². The van der Waals surface area contributed by atoms with E-state index in [1.54, 1.807) is 0 Å². The summed E-state index contributed by atoms with van der Waals surface area (Å²) < 4.78 is 0. The maximum Gasteiger partial charge on any atom is 0.251 e. The normalized spacial score (nSPS) is 11.7. The Morgan fingerprint density at radius 1 is 0.962 bits per heavy atom. The molecule has 0 unspecified atom stereocenters. The standard InChI is InChI=1S/C20H25N3OS2/c1-13(2)16-7-9-17(10-8-16)21-20(25)23-22-19(24)15(4)26-18-11-5-14(3)6-12-18/h5-13,15H,1-4H3,(H,22,24)(H2,21,23,25)/t15-/m1/s1. The number of hydrogen-bond acceptors (Lipinski definition) is 3. The number of anilines is 1. The summed E-state index contributed by atoms with van der Waals surface area (Å²) in [6.45, 7) is 8.21. The predicted octanol–water partition coefficient (Wildman–Crippen LogP) is 4.62. The summed E-state index contributed by atoms with van der Waals surface area (Å²) in [5.74, 6) is 0.357. The third-order valence-electron chi connectivity index (χ3n) is 3.84. The molecule has 0 heterocycles. The van der Waals surface area contributed by atoms with Crippen LogP contribution in [0.25, 0.3) is 0 Å². The van der Waals surface area contributed by atoms with Crippen LogP contribution in [0.5, 0.6) is 0 Å². The molecule has 26 heavy (non-hydrogen) atoms. The van der Waals surface area contributed by atoms with Crippen molar-refractivity contribution in [2.45, 2.75) is 43.8 Å². The Labute approximate surface area is 165 Å². The lowest BCUT2D eigenvalue weighted by atomic mass is 10.0. The number of hydrazine groups is 1. The van der Waals surface area contributed by atoms with Crippen molar-refractivity contribution < 1.29 is 4.79 Å². The molecule has 138 valence electrons. The van der Waals surface area contributed by atoms with E-state index < -0.39 is 0 Å². The van der Waals surface area contributed by atoms with Gasteiger partial charge in [-0.05, 0) is 61.8 Å². The van der Waals surface area contributed by atoms with Gasteiger partial charge in [0.1, 0.15) is 0 Å². The molecule has 0 saturated carbocycles. The van der Waals surface area contributed by atoms with Crippen molar-refractivity contribution in [2.24, 2.45) is 0 Å². The molecule has 0 fully saturated rings. The highest BCUT2D eigenvalue weighted by atomic mass is 32.2. The van der Waals surface area contributed by atoms with Crippen molar-refractivity contribution in [3.8, 4) is 0 Å². The second-order valence-corrected chi connectivity index (χ2v) is 8.24. The summed E-state index contributed by atoms with van der Waals surface area (Å²) in [7, 11) is 0. The molecular weight excluding hydrogens is 362 g/mol. The summed E-state index contributed by atoms with van der Waals surface area (Å²) in [4.78, 5) is 13.3. The fourth-order valence-corrected chi connectivity index (χ4v) is 3.24. The predicted molar refractivity (Wildman–Crippen MR) is 115 cm³/mol.